The van der Waals surface area contributed by atoms with E-state index in [0.29, 0.717) is 30.9 Å². The van der Waals surface area contributed by atoms with E-state index in [-0.39, 0.29) is 45.7 Å². The number of carboxylic acid groups (broad SMARTS) is 2. The highest BCUT2D eigenvalue weighted by Gasteiger charge is 2.54. The Morgan fingerprint density at radius 3 is 2.70 bits per heavy atom. The van der Waals surface area contributed by atoms with Crippen LogP contribution in [0.4, 0.5) is 11.1 Å². The van der Waals surface area contributed by atoms with Crippen molar-refractivity contribution < 1.29 is 43.9 Å². The third kappa shape index (κ3) is 6.81. The van der Waals surface area contributed by atoms with Crippen molar-refractivity contribution in [3.63, 3.8) is 0 Å². The lowest BCUT2D eigenvalue weighted by atomic mass is 10.0. The number of amides is 2. The Bertz CT molecular complexity index is 1810. The second-order valence-electron chi connectivity index (χ2n) is 10.3. The summed E-state index contributed by atoms with van der Waals surface area (Å²) in [7, 11) is 0. The van der Waals surface area contributed by atoms with E-state index in [9.17, 15) is 24.3 Å². The number of fused-ring (bicyclic) bond motifs is 2. The van der Waals surface area contributed by atoms with E-state index >= 15 is 0 Å². The number of nitrogen functional groups attached to an aromatic ring is 2. The summed E-state index contributed by atoms with van der Waals surface area (Å²) in [4.78, 5) is 64.9. The summed E-state index contributed by atoms with van der Waals surface area (Å²) in [5.41, 5.74) is 12.7. The third-order valence-electron chi connectivity index (χ3n) is 7.20. The minimum atomic E-state index is -1.42. The first-order chi connectivity index (χ1) is 22.4. The molecule has 1 saturated heterocycles. The number of carboxylic acids is 2. The van der Waals surface area contributed by atoms with Crippen LogP contribution in [0.25, 0.3) is 11.2 Å². The first-order valence-corrected chi connectivity index (χ1v) is 16.2. The van der Waals surface area contributed by atoms with Gasteiger partial charge in [-0.05, 0) is 24.0 Å². The number of aliphatic hydroxyl groups excluding tert-OH is 1. The van der Waals surface area contributed by atoms with E-state index in [1.54, 1.807) is 21.4 Å². The number of thioether (sulfide) groups is 1. The van der Waals surface area contributed by atoms with Crippen molar-refractivity contribution in [2.75, 3.05) is 36.9 Å². The second kappa shape index (κ2) is 14.1. The molecule has 1 unspecified atom stereocenters. The van der Waals surface area contributed by atoms with Gasteiger partial charge in [0.15, 0.2) is 10.8 Å². The zero-order valence-electron chi connectivity index (χ0n) is 24.6. The van der Waals surface area contributed by atoms with E-state index in [1.165, 1.54) is 18.7 Å². The normalized spacial score (nSPS) is 18.6. The molecule has 1 fully saturated rings. The second-order valence-corrected chi connectivity index (χ2v) is 13.0. The highest BCUT2D eigenvalue weighted by molar-refractivity contribution is 8.00. The van der Waals surface area contributed by atoms with Gasteiger partial charge in [0, 0.05) is 31.0 Å². The molecule has 47 heavy (non-hydrogen) atoms. The van der Waals surface area contributed by atoms with Crippen LogP contribution in [0.5, 0.6) is 0 Å². The monoisotopic (exact) mass is 709 g/mol. The van der Waals surface area contributed by atoms with Crippen LogP contribution in [0, 0.1) is 0 Å². The molecule has 0 saturated carbocycles. The molecule has 2 amide bonds. The number of pyridine rings is 1. The van der Waals surface area contributed by atoms with Crippen molar-refractivity contribution in [3.05, 3.63) is 39.6 Å². The Kier molecular flexibility index (Phi) is 10.2. The number of nitrogens with one attached hydrogen (secondary N) is 2. The molecule has 18 nitrogen and oxygen atoms in total. The summed E-state index contributed by atoms with van der Waals surface area (Å²) in [6.45, 7) is 2.75. The van der Waals surface area contributed by atoms with Crippen LogP contribution in [0.1, 0.15) is 12.6 Å². The number of carbonyl (C=O) groups is 4. The predicted octanol–water partition coefficient (Wildman–Crippen LogP) is -1.19. The Morgan fingerprint density at radius 2 is 2.04 bits per heavy atom. The Morgan fingerprint density at radius 1 is 1.28 bits per heavy atom. The van der Waals surface area contributed by atoms with Crippen LogP contribution in [0.3, 0.4) is 0 Å². The highest BCUT2D eigenvalue weighted by atomic mass is 35.5. The van der Waals surface area contributed by atoms with Crippen molar-refractivity contribution in [2.24, 2.45) is 5.16 Å². The van der Waals surface area contributed by atoms with Crippen molar-refractivity contribution in [1.82, 2.24) is 30.1 Å². The number of rotatable bonds is 14. The largest absolute Gasteiger partial charge is 0.478 e. The number of thiazole rings is 1. The highest BCUT2D eigenvalue weighted by Crippen LogP contribution is 2.40. The molecule has 0 aliphatic carbocycles. The van der Waals surface area contributed by atoms with Crippen LogP contribution in [0.2, 0.25) is 4.34 Å². The van der Waals surface area contributed by atoms with Gasteiger partial charge in [-0.15, -0.1) is 11.8 Å². The van der Waals surface area contributed by atoms with E-state index in [4.69, 9.17) is 38.1 Å². The van der Waals surface area contributed by atoms with Gasteiger partial charge >= 0.3 is 23.5 Å². The fourth-order valence-corrected chi connectivity index (χ4v) is 7.23. The lowest BCUT2D eigenvalue weighted by Crippen LogP contribution is -2.71. The van der Waals surface area contributed by atoms with Crippen molar-refractivity contribution in [2.45, 2.75) is 37.5 Å². The molecule has 2 aliphatic rings. The number of hydrogen-bond donors (Lipinski definition) is 7. The Labute approximate surface area is 279 Å². The molecule has 3 aromatic heterocycles. The van der Waals surface area contributed by atoms with Gasteiger partial charge in [-0.1, -0.05) is 28.1 Å². The molecule has 3 atom stereocenters. The number of aromatic nitrogens is 4. The number of β-lactam (4-membered cyclic amide) rings is 1. The summed E-state index contributed by atoms with van der Waals surface area (Å²) in [6, 6.07) is 2.47. The van der Waals surface area contributed by atoms with Crippen molar-refractivity contribution in [3.8, 4) is 0 Å². The van der Waals surface area contributed by atoms with Crippen LogP contribution >= 0.6 is 34.7 Å². The van der Waals surface area contributed by atoms with Crippen molar-refractivity contribution >= 4 is 86.4 Å². The summed E-state index contributed by atoms with van der Waals surface area (Å²) < 4.78 is 3.53. The van der Waals surface area contributed by atoms with Gasteiger partial charge in [0.2, 0.25) is 6.10 Å². The topological polar surface area (TPSA) is 264 Å². The maximum Gasteiger partial charge on any atom is 0.352 e. The van der Waals surface area contributed by atoms with Crippen LogP contribution < -0.4 is 26.7 Å². The Balaban J connectivity index is 1.37. The quantitative estimate of drug-likeness (QED) is 0.0341. The zero-order valence-corrected chi connectivity index (χ0v) is 27.0. The number of hydrogen-bond acceptors (Lipinski definition) is 14. The number of nitrogens with zero attached hydrogens (tertiary/aromatic N) is 6. The van der Waals surface area contributed by atoms with E-state index in [1.807, 2.05) is 6.07 Å². The summed E-state index contributed by atoms with van der Waals surface area (Å²) in [6.07, 6.45) is 0.310. The maximum absolute atomic E-state index is 13.4. The first-order valence-electron chi connectivity index (χ1n) is 14.0. The van der Waals surface area contributed by atoms with Crippen LogP contribution in [-0.2, 0) is 37.1 Å². The number of anilines is 2. The fraction of sp³-hybridized carbons (Fsp3) is 0.385. The SMILES string of the molecule is C[C@H](O/N=C(\C(=O)N[C@@H]1C(=O)N2C(C(=O)O)=C(C[n+]3cccc4c3nc(N)n4CCNCCO)CSC12)c1nc(N)sc1Cl)C(=O)O. The Hall–Kier alpha value is -4.50. The molecule has 5 rings (SSSR count). The minimum absolute atomic E-state index is 0.00188. The molecule has 5 heterocycles. The average molecular weight is 710 g/mol. The number of aliphatic carboxylic acids is 2. The molecule has 9 N–H and O–H groups in total. The smallest absolute Gasteiger partial charge is 0.352 e. The first kappa shape index (κ1) is 33.9. The molecular formula is C26H30ClN10O8S2+. The number of halogens is 1. The minimum Gasteiger partial charge on any atom is -0.478 e. The van der Waals surface area contributed by atoms with Gasteiger partial charge in [0.05, 0.1) is 12.8 Å². The number of aliphatic hydroxyl groups is 1. The standard InChI is InChI=1S/C26H29ClN10O8S2/c1-11(23(41)42)45-34-15(14-18(27)47-26(29)32-14)20(39)31-16-21(40)37-17(24(43)44)12(10-46-22(16)37)9-35-6-2-3-13-19(35)33-25(28)36(13)7-4-30-5-8-38/h2-3,6,11,16,22,28,30,38H,4-5,7-10H2,1H3,(H5,29,31,32,39,41,42,43,44)/p+1/b34-15-/t11-,16+,22?/m0/s1. The summed E-state index contributed by atoms with van der Waals surface area (Å²) in [5, 5.41) is 36.8. The lowest BCUT2D eigenvalue weighted by molar-refractivity contribution is -0.664. The predicted molar refractivity (Wildman–Crippen MR) is 170 cm³/mol. The van der Waals surface area contributed by atoms with E-state index in [2.05, 4.69) is 25.8 Å². The summed E-state index contributed by atoms with van der Waals surface area (Å²) in [5.74, 6) is -3.83. The van der Waals surface area contributed by atoms with Crippen molar-refractivity contribution in [1.29, 1.82) is 0 Å². The van der Waals surface area contributed by atoms with Gasteiger partial charge in [-0.25, -0.2) is 19.1 Å². The lowest BCUT2D eigenvalue weighted by Gasteiger charge is -2.49. The van der Waals surface area contributed by atoms with Gasteiger partial charge in [-0.2, -0.15) is 0 Å². The molecule has 250 valence electrons. The fourth-order valence-electron chi connectivity index (χ4n) is 4.96. The van der Waals surface area contributed by atoms with E-state index < -0.39 is 47.0 Å². The maximum atomic E-state index is 13.4. The number of oxime groups is 1. The molecule has 0 aromatic carbocycles. The molecule has 0 spiro atoms. The molecule has 0 bridgehead atoms. The van der Waals surface area contributed by atoms with Crippen LogP contribution in [0.15, 0.2) is 34.8 Å². The van der Waals surface area contributed by atoms with Gasteiger partial charge in [0.1, 0.15) is 39.2 Å². The van der Waals surface area contributed by atoms with E-state index in [0.717, 1.165) is 21.8 Å². The number of nitrogens with two attached hydrogens (primary N) is 2. The molecule has 0 radical (unpaired) electrons. The number of imidazole rings is 1. The number of carbonyl (C=O) groups excluding carboxylic acids is 2. The van der Waals surface area contributed by atoms with Crippen LogP contribution in [-0.4, -0.2) is 107 Å². The summed E-state index contributed by atoms with van der Waals surface area (Å²) >= 11 is 8.27. The average Bonchev–Trinajstić information content (AvgIpc) is 3.54. The molecule has 3 aromatic rings. The zero-order chi connectivity index (χ0) is 34.0. The van der Waals surface area contributed by atoms with Gasteiger partial charge in [0.25, 0.3) is 11.8 Å². The third-order valence-corrected chi connectivity index (χ3v) is 9.62. The van der Waals surface area contributed by atoms with Gasteiger partial charge in [-0.3, -0.25) is 19.1 Å². The molecule has 21 heteroatoms. The van der Waals surface area contributed by atoms with Gasteiger partial charge < -0.3 is 42.3 Å². The molecule has 2 aliphatic heterocycles. The molecular weight excluding hydrogens is 680 g/mol.